The minimum Gasteiger partial charge on any atom is -0.494 e. The number of halogens is 1. The fourth-order valence-electron chi connectivity index (χ4n) is 3.28. The lowest BCUT2D eigenvalue weighted by Crippen LogP contribution is -2.38. The fraction of sp³-hybridized carbons (Fsp3) is 0.308. The molecule has 0 aliphatic heterocycles. The van der Waals surface area contributed by atoms with Gasteiger partial charge in [0.25, 0.3) is 5.91 Å². The summed E-state index contributed by atoms with van der Waals surface area (Å²) in [4.78, 5) is 15.4. The molecule has 3 aromatic rings. The maximum absolute atomic E-state index is 10.8. The Morgan fingerprint density at radius 3 is 2.41 bits per heavy atom. The van der Waals surface area contributed by atoms with Crippen molar-refractivity contribution < 1.29 is 14.3 Å². The van der Waals surface area contributed by atoms with E-state index in [1.165, 1.54) is 10.8 Å². The van der Waals surface area contributed by atoms with E-state index in [1.54, 1.807) is 0 Å². The summed E-state index contributed by atoms with van der Waals surface area (Å²) in [5.41, 5.74) is 6.25. The number of hydrogen-bond donors (Lipinski definition) is 3. The Labute approximate surface area is 218 Å². The molecule has 8 heteroatoms. The number of carbonyl (C=O) groups excluding carboxylic acids is 1. The number of rotatable bonds is 12. The largest absolute Gasteiger partial charge is 0.494 e. The predicted octanol–water partition coefficient (Wildman–Crippen LogP) is 3.89. The number of nitrogens with zero attached hydrogens (tertiary/aromatic N) is 1. The highest BCUT2D eigenvalue weighted by molar-refractivity contribution is 14.0. The number of fused-ring (bicyclic) bond motifs is 1. The topological polar surface area (TPSA) is 98.0 Å². The molecule has 0 heterocycles. The monoisotopic (exact) mass is 576 g/mol. The highest BCUT2D eigenvalue weighted by Crippen LogP contribution is 2.20. The zero-order valence-electron chi connectivity index (χ0n) is 19.5. The summed E-state index contributed by atoms with van der Waals surface area (Å²) in [5, 5.41) is 9.02. The number of primary amides is 1. The number of amides is 1. The number of ether oxygens (including phenoxy) is 2. The Balaban J connectivity index is 0.00000408. The van der Waals surface area contributed by atoms with E-state index < -0.39 is 5.91 Å². The van der Waals surface area contributed by atoms with Crippen LogP contribution in [-0.2, 0) is 11.2 Å². The van der Waals surface area contributed by atoms with Crippen LogP contribution >= 0.6 is 24.0 Å². The molecule has 0 aliphatic rings. The molecular weight excluding hydrogens is 543 g/mol. The highest BCUT2D eigenvalue weighted by atomic mass is 127. The van der Waals surface area contributed by atoms with Crippen LogP contribution in [0.5, 0.6) is 11.5 Å². The number of nitrogens with two attached hydrogens (primary N) is 1. The van der Waals surface area contributed by atoms with Crippen molar-refractivity contribution in [3.63, 3.8) is 0 Å². The van der Waals surface area contributed by atoms with Crippen molar-refractivity contribution in [2.45, 2.75) is 19.8 Å². The number of nitrogens with one attached hydrogen (secondary N) is 2. The van der Waals surface area contributed by atoms with Crippen molar-refractivity contribution >= 4 is 46.6 Å². The standard InChI is InChI=1S/C26H32N4O3.HI/c1-2-28-26(30-16-14-20-8-11-23(12-9-20)33-19-25(27)31)29-15-5-17-32-24-13-10-21-6-3-4-7-22(21)18-24;/h3-4,6-13,18H,2,5,14-17,19H2,1H3,(H2,27,31)(H2,28,29,30);1H. The molecule has 0 fully saturated rings. The first-order chi connectivity index (χ1) is 16.1. The van der Waals surface area contributed by atoms with Gasteiger partial charge in [-0.1, -0.05) is 42.5 Å². The second-order valence-electron chi connectivity index (χ2n) is 7.55. The average molecular weight is 576 g/mol. The molecule has 182 valence electrons. The van der Waals surface area contributed by atoms with Crippen molar-refractivity contribution in [1.29, 1.82) is 0 Å². The van der Waals surface area contributed by atoms with Crippen LogP contribution in [0.3, 0.4) is 0 Å². The van der Waals surface area contributed by atoms with Crippen LogP contribution in [0.15, 0.2) is 71.7 Å². The zero-order valence-corrected chi connectivity index (χ0v) is 21.8. The van der Waals surface area contributed by atoms with Gasteiger partial charge in [0.15, 0.2) is 12.6 Å². The van der Waals surface area contributed by atoms with E-state index in [0.717, 1.165) is 43.2 Å². The Morgan fingerprint density at radius 1 is 0.941 bits per heavy atom. The quantitative estimate of drug-likeness (QED) is 0.132. The molecule has 1 amide bonds. The molecule has 0 radical (unpaired) electrons. The first-order valence-electron chi connectivity index (χ1n) is 11.3. The first kappa shape index (κ1) is 27.2. The molecular formula is C26H33IN4O3. The fourth-order valence-corrected chi connectivity index (χ4v) is 3.28. The Kier molecular flexibility index (Phi) is 12.0. The molecule has 7 nitrogen and oxygen atoms in total. The third kappa shape index (κ3) is 9.46. The smallest absolute Gasteiger partial charge is 0.255 e. The zero-order chi connectivity index (χ0) is 23.3. The molecule has 0 bridgehead atoms. The molecule has 0 atom stereocenters. The SMILES string of the molecule is CCNC(=NCCCOc1ccc2ccccc2c1)NCCc1ccc(OCC(N)=O)cc1.I. The van der Waals surface area contributed by atoms with Crippen LogP contribution in [0.4, 0.5) is 0 Å². The summed E-state index contributed by atoms with van der Waals surface area (Å²) < 4.78 is 11.2. The Bertz CT molecular complexity index is 1060. The molecule has 0 saturated carbocycles. The van der Waals surface area contributed by atoms with Crippen molar-refractivity contribution in [3.05, 3.63) is 72.3 Å². The summed E-state index contributed by atoms with van der Waals surface area (Å²) in [6.45, 7) is 4.77. The maximum atomic E-state index is 10.8. The lowest BCUT2D eigenvalue weighted by molar-refractivity contribution is -0.119. The van der Waals surface area contributed by atoms with E-state index >= 15 is 0 Å². The van der Waals surface area contributed by atoms with Crippen LogP contribution in [0.2, 0.25) is 0 Å². The lowest BCUT2D eigenvalue weighted by atomic mass is 10.1. The number of benzene rings is 3. The molecule has 34 heavy (non-hydrogen) atoms. The number of hydrogen-bond acceptors (Lipinski definition) is 4. The van der Waals surface area contributed by atoms with Crippen molar-refractivity contribution in [1.82, 2.24) is 10.6 Å². The van der Waals surface area contributed by atoms with E-state index in [0.29, 0.717) is 18.9 Å². The van der Waals surface area contributed by atoms with E-state index in [2.05, 4.69) is 39.9 Å². The van der Waals surface area contributed by atoms with E-state index in [4.69, 9.17) is 15.2 Å². The van der Waals surface area contributed by atoms with Gasteiger partial charge in [-0.15, -0.1) is 24.0 Å². The molecule has 0 unspecified atom stereocenters. The average Bonchev–Trinajstić information content (AvgIpc) is 2.83. The van der Waals surface area contributed by atoms with Crippen LogP contribution < -0.4 is 25.8 Å². The predicted molar refractivity (Wildman–Crippen MR) is 148 cm³/mol. The molecule has 3 rings (SSSR count). The lowest BCUT2D eigenvalue weighted by Gasteiger charge is -2.12. The van der Waals surface area contributed by atoms with Gasteiger partial charge in [-0.2, -0.15) is 0 Å². The minimum absolute atomic E-state index is 0. The third-order valence-electron chi connectivity index (χ3n) is 4.92. The summed E-state index contributed by atoms with van der Waals surface area (Å²) in [7, 11) is 0. The summed E-state index contributed by atoms with van der Waals surface area (Å²) in [6.07, 6.45) is 1.67. The molecule has 0 aliphatic carbocycles. The molecule has 0 saturated heterocycles. The van der Waals surface area contributed by atoms with E-state index in [1.807, 2.05) is 49.4 Å². The van der Waals surface area contributed by atoms with Gasteiger partial charge < -0.3 is 25.8 Å². The third-order valence-corrected chi connectivity index (χ3v) is 4.92. The highest BCUT2D eigenvalue weighted by Gasteiger charge is 2.01. The first-order valence-corrected chi connectivity index (χ1v) is 11.3. The van der Waals surface area contributed by atoms with Crippen molar-refractivity contribution in [3.8, 4) is 11.5 Å². The van der Waals surface area contributed by atoms with Gasteiger partial charge in [-0.25, -0.2) is 0 Å². The van der Waals surface area contributed by atoms with Gasteiger partial charge >= 0.3 is 0 Å². The van der Waals surface area contributed by atoms with Gasteiger partial charge in [-0.3, -0.25) is 9.79 Å². The van der Waals surface area contributed by atoms with Crippen LogP contribution in [-0.4, -0.2) is 44.7 Å². The molecule has 0 spiro atoms. The summed E-state index contributed by atoms with van der Waals surface area (Å²) >= 11 is 0. The number of carbonyl (C=O) groups is 1. The second kappa shape index (κ2) is 15.0. The van der Waals surface area contributed by atoms with Crippen molar-refractivity contribution in [2.75, 3.05) is 32.8 Å². The van der Waals surface area contributed by atoms with Gasteiger partial charge in [-0.05, 0) is 53.9 Å². The minimum atomic E-state index is -0.487. The van der Waals surface area contributed by atoms with E-state index in [9.17, 15) is 4.79 Å². The Hall–Kier alpha value is -3.01. The van der Waals surface area contributed by atoms with Crippen LogP contribution in [0.25, 0.3) is 10.8 Å². The van der Waals surface area contributed by atoms with Gasteiger partial charge in [0.05, 0.1) is 6.61 Å². The normalized spacial score (nSPS) is 10.9. The van der Waals surface area contributed by atoms with E-state index in [-0.39, 0.29) is 30.6 Å². The maximum Gasteiger partial charge on any atom is 0.255 e. The van der Waals surface area contributed by atoms with Gasteiger partial charge in [0.1, 0.15) is 11.5 Å². The molecule has 3 aromatic carbocycles. The van der Waals surface area contributed by atoms with Crippen molar-refractivity contribution in [2.24, 2.45) is 10.7 Å². The van der Waals surface area contributed by atoms with Crippen LogP contribution in [0.1, 0.15) is 18.9 Å². The summed E-state index contributed by atoms with van der Waals surface area (Å²) in [5.74, 6) is 1.82. The number of guanidine groups is 1. The summed E-state index contributed by atoms with van der Waals surface area (Å²) in [6, 6.07) is 22.1. The molecule has 0 aromatic heterocycles. The Morgan fingerprint density at radius 2 is 1.68 bits per heavy atom. The van der Waals surface area contributed by atoms with Gasteiger partial charge in [0.2, 0.25) is 0 Å². The second-order valence-corrected chi connectivity index (χ2v) is 7.55. The van der Waals surface area contributed by atoms with Gasteiger partial charge in [0, 0.05) is 26.1 Å². The number of aliphatic imine (C=N–C) groups is 1. The van der Waals surface area contributed by atoms with Crippen LogP contribution in [0, 0.1) is 0 Å². The molecule has 4 N–H and O–H groups in total.